The zero-order valence-electron chi connectivity index (χ0n) is 19.8. The van der Waals surface area contributed by atoms with Crippen molar-refractivity contribution in [3.05, 3.63) is 95.3 Å². The third-order valence-corrected chi connectivity index (χ3v) is 6.05. The van der Waals surface area contributed by atoms with Crippen LogP contribution in [0.15, 0.2) is 77.0 Å². The minimum Gasteiger partial charge on any atom is -0.504 e. The molecule has 0 bridgehead atoms. The maximum Gasteiger partial charge on any atom is 0.326 e. The van der Waals surface area contributed by atoms with E-state index in [1.165, 1.54) is 30.2 Å². The molecule has 2 amide bonds. The first-order valence-corrected chi connectivity index (χ1v) is 11.2. The fraction of sp³-hybridized carbons (Fsp3) is 0.148. The van der Waals surface area contributed by atoms with E-state index >= 15 is 0 Å². The summed E-state index contributed by atoms with van der Waals surface area (Å²) in [5.74, 6) is 0.171. The summed E-state index contributed by atoms with van der Waals surface area (Å²) in [5, 5.41) is 17.4. The summed E-state index contributed by atoms with van der Waals surface area (Å²) >= 11 is 0. The van der Waals surface area contributed by atoms with E-state index in [-0.39, 0.29) is 23.5 Å². The average Bonchev–Trinajstić information content (AvgIpc) is 3.34. The second kappa shape index (κ2) is 9.18. The Kier molecular flexibility index (Phi) is 5.89. The van der Waals surface area contributed by atoms with E-state index in [9.17, 15) is 14.3 Å². The third kappa shape index (κ3) is 4.15. The highest BCUT2D eigenvalue weighted by Gasteiger charge is 2.36. The van der Waals surface area contributed by atoms with Gasteiger partial charge in [-0.2, -0.15) is 4.98 Å². The van der Waals surface area contributed by atoms with E-state index in [0.717, 1.165) is 5.56 Å². The summed E-state index contributed by atoms with van der Waals surface area (Å²) < 4.78 is 24.6. The Balaban J connectivity index is 1.66. The predicted molar refractivity (Wildman–Crippen MR) is 132 cm³/mol. The average molecular weight is 487 g/mol. The molecule has 0 aliphatic carbocycles. The van der Waals surface area contributed by atoms with Gasteiger partial charge in [0.25, 0.3) is 5.89 Å². The number of aromatic nitrogens is 2. The minimum absolute atomic E-state index is 0.0757. The zero-order valence-corrected chi connectivity index (χ0v) is 19.8. The summed E-state index contributed by atoms with van der Waals surface area (Å²) in [7, 11) is 1.46. The molecule has 4 aromatic rings. The number of amides is 2. The van der Waals surface area contributed by atoms with Crippen LogP contribution in [0.1, 0.15) is 30.0 Å². The molecule has 8 nitrogen and oxygen atoms in total. The van der Waals surface area contributed by atoms with Gasteiger partial charge < -0.3 is 19.7 Å². The summed E-state index contributed by atoms with van der Waals surface area (Å²) in [5.41, 5.74) is 3.87. The van der Waals surface area contributed by atoms with E-state index in [0.29, 0.717) is 33.8 Å². The number of halogens is 1. The van der Waals surface area contributed by atoms with Gasteiger partial charge in [-0.3, -0.25) is 4.90 Å². The molecule has 1 unspecified atom stereocenters. The normalized spacial score (nSPS) is 15.7. The van der Waals surface area contributed by atoms with Crippen LogP contribution in [-0.2, 0) is 0 Å². The molecule has 1 atom stereocenters. The lowest BCUT2D eigenvalue weighted by Crippen LogP contribution is -2.46. The molecule has 36 heavy (non-hydrogen) atoms. The molecule has 1 aromatic heterocycles. The SMILES string of the molecule is COc1ccc(C2NC(=O)N(c3ccc(C)cc3)C(C)=C2c2nc(-c3cccc(F)c3)no2)cc1O. The largest absolute Gasteiger partial charge is 0.504 e. The summed E-state index contributed by atoms with van der Waals surface area (Å²) in [4.78, 5) is 19.4. The lowest BCUT2D eigenvalue weighted by Gasteiger charge is -2.35. The van der Waals surface area contributed by atoms with Crippen LogP contribution in [0, 0.1) is 12.7 Å². The quantitative estimate of drug-likeness (QED) is 0.381. The Morgan fingerprint density at radius 3 is 2.56 bits per heavy atom. The number of phenols is 1. The molecule has 0 spiro atoms. The first-order chi connectivity index (χ1) is 17.4. The monoisotopic (exact) mass is 486 g/mol. The number of hydrogen-bond acceptors (Lipinski definition) is 6. The molecule has 1 aliphatic rings. The molecule has 0 saturated heterocycles. The Morgan fingerprint density at radius 2 is 1.86 bits per heavy atom. The number of urea groups is 1. The van der Waals surface area contributed by atoms with Crippen LogP contribution in [0.2, 0.25) is 0 Å². The number of carbonyl (C=O) groups excluding carboxylic acids is 1. The number of aromatic hydroxyl groups is 1. The van der Waals surface area contributed by atoms with Crippen molar-refractivity contribution < 1.29 is 23.6 Å². The van der Waals surface area contributed by atoms with Crippen molar-refractivity contribution in [3.8, 4) is 22.9 Å². The number of ether oxygens (including phenoxy) is 1. The first kappa shape index (κ1) is 23.1. The van der Waals surface area contributed by atoms with Crippen molar-refractivity contribution in [1.29, 1.82) is 0 Å². The molecule has 0 fully saturated rings. The van der Waals surface area contributed by atoms with E-state index < -0.39 is 11.9 Å². The summed E-state index contributed by atoms with van der Waals surface area (Å²) in [6.07, 6.45) is 0. The lowest BCUT2D eigenvalue weighted by atomic mass is 9.94. The Labute approximate surface area is 206 Å². The molecular formula is C27H23FN4O4. The number of anilines is 1. The fourth-order valence-electron chi connectivity index (χ4n) is 4.24. The second-order valence-electron chi connectivity index (χ2n) is 8.42. The maximum atomic E-state index is 13.8. The summed E-state index contributed by atoms with van der Waals surface area (Å²) in [6, 6.07) is 17.2. The highest BCUT2D eigenvalue weighted by molar-refractivity contribution is 6.01. The number of rotatable bonds is 5. The van der Waals surface area contributed by atoms with Crippen molar-refractivity contribution in [1.82, 2.24) is 15.5 Å². The molecule has 182 valence electrons. The van der Waals surface area contributed by atoms with Crippen molar-refractivity contribution in [2.75, 3.05) is 12.0 Å². The van der Waals surface area contributed by atoms with Crippen molar-refractivity contribution >= 4 is 17.3 Å². The van der Waals surface area contributed by atoms with Crippen molar-refractivity contribution in [2.45, 2.75) is 19.9 Å². The maximum absolute atomic E-state index is 13.8. The Hall–Kier alpha value is -4.66. The second-order valence-corrected chi connectivity index (χ2v) is 8.42. The van der Waals surface area contributed by atoms with Gasteiger partial charge in [-0.1, -0.05) is 41.1 Å². The van der Waals surface area contributed by atoms with Crippen molar-refractivity contribution in [2.24, 2.45) is 0 Å². The molecule has 3 aromatic carbocycles. The number of nitrogens with zero attached hydrogens (tertiary/aromatic N) is 3. The zero-order chi connectivity index (χ0) is 25.4. The number of allylic oxidation sites excluding steroid dienone is 1. The van der Waals surface area contributed by atoms with E-state index in [2.05, 4.69) is 15.5 Å². The van der Waals surface area contributed by atoms with Gasteiger partial charge in [0, 0.05) is 11.3 Å². The molecule has 5 rings (SSSR count). The predicted octanol–water partition coefficient (Wildman–Crippen LogP) is 5.60. The van der Waals surface area contributed by atoms with Crippen LogP contribution in [0.4, 0.5) is 14.9 Å². The molecule has 0 radical (unpaired) electrons. The van der Waals surface area contributed by atoms with Gasteiger partial charge in [0.15, 0.2) is 11.5 Å². The molecule has 2 N–H and O–H groups in total. The van der Waals surface area contributed by atoms with E-state index in [1.54, 1.807) is 31.2 Å². The van der Waals surface area contributed by atoms with Crippen molar-refractivity contribution in [3.63, 3.8) is 0 Å². The third-order valence-electron chi connectivity index (χ3n) is 6.05. The topological polar surface area (TPSA) is 101 Å². The van der Waals surface area contributed by atoms with Gasteiger partial charge in [0.05, 0.1) is 24.4 Å². The lowest BCUT2D eigenvalue weighted by molar-refractivity contribution is 0.244. The van der Waals surface area contributed by atoms with Crippen LogP contribution in [0.3, 0.4) is 0 Å². The van der Waals surface area contributed by atoms with Gasteiger partial charge in [-0.15, -0.1) is 0 Å². The number of aryl methyl sites for hydroxylation is 1. The van der Waals surface area contributed by atoms with Crippen LogP contribution >= 0.6 is 0 Å². The minimum atomic E-state index is -0.711. The van der Waals surface area contributed by atoms with Crippen LogP contribution in [0.25, 0.3) is 17.0 Å². The Morgan fingerprint density at radius 1 is 1.08 bits per heavy atom. The number of benzene rings is 3. The van der Waals surface area contributed by atoms with Gasteiger partial charge in [0.1, 0.15) is 5.82 Å². The highest BCUT2D eigenvalue weighted by Crippen LogP contribution is 2.41. The molecular weight excluding hydrogens is 463 g/mol. The summed E-state index contributed by atoms with van der Waals surface area (Å²) in [6.45, 7) is 3.75. The van der Waals surface area contributed by atoms with E-state index in [4.69, 9.17) is 9.26 Å². The Bertz CT molecular complexity index is 1480. The van der Waals surface area contributed by atoms with Crippen LogP contribution in [-0.4, -0.2) is 28.4 Å². The smallest absolute Gasteiger partial charge is 0.326 e. The first-order valence-electron chi connectivity index (χ1n) is 11.2. The van der Waals surface area contributed by atoms with Gasteiger partial charge in [-0.05, 0) is 55.8 Å². The fourth-order valence-corrected chi connectivity index (χ4v) is 4.24. The van der Waals surface area contributed by atoms with Crippen LogP contribution in [0.5, 0.6) is 11.5 Å². The molecule has 0 saturated carbocycles. The van der Waals surface area contributed by atoms with E-state index in [1.807, 2.05) is 31.2 Å². The molecule has 2 heterocycles. The number of hydrogen-bond donors (Lipinski definition) is 2. The number of methoxy groups -OCH3 is 1. The van der Waals surface area contributed by atoms with Gasteiger partial charge in [0.2, 0.25) is 5.82 Å². The molecule has 1 aliphatic heterocycles. The van der Waals surface area contributed by atoms with Gasteiger partial charge in [-0.25, -0.2) is 9.18 Å². The van der Waals surface area contributed by atoms with Gasteiger partial charge >= 0.3 is 6.03 Å². The molecule has 9 heteroatoms. The van der Waals surface area contributed by atoms with Crippen LogP contribution < -0.4 is 15.0 Å². The number of carbonyl (C=O) groups is 1. The standard InChI is InChI=1S/C27H23FN4O4/c1-15-7-10-20(11-8-15)32-16(2)23(26-30-25(31-36-26)18-5-4-6-19(28)13-18)24(29-27(32)34)17-9-12-22(35-3)21(33)14-17/h4-14,24,33H,1-3H3,(H,29,34). The highest BCUT2D eigenvalue weighted by atomic mass is 19.1. The number of phenolic OH excluding ortho intramolecular Hbond substituents is 1. The number of nitrogens with one attached hydrogen (secondary N) is 1.